The fourth-order valence-electron chi connectivity index (χ4n) is 1.50. The lowest BCUT2D eigenvalue weighted by atomic mass is 10.2. The quantitative estimate of drug-likeness (QED) is 0.415. The highest BCUT2D eigenvalue weighted by molar-refractivity contribution is 7.80. The van der Waals surface area contributed by atoms with E-state index in [9.17, 15) is 14.7 Å². The van der Waals surface area contributed by atoms with E-state index in [2.05, 4.69) is 16.2 Å². The minimum Gasteiger partial charge on any atom is -0.508 e. The molecule has 1 aromatic carbocycles. The molecule has 1 heterocycles. The minimum atomic E-state index is -0.676. The smallest absolute Gasteiger partial charge is 0.273 e. The number of carbonyl (C=O) groups is 2. The molecule has 0 aliphatic heterocycles. The van der Waals surface area contributed by atoms with Crippen LogP contribution in [0.1, 0.15) is 20.0 Å². The first kappa shape index (κ1) is 15.7. The first-order chi connectivity index (χ1) is 10.5. The fourth-order valence-corrected chi connectivity index (χ4v) is 2.26. The van der Waals surface area contributed by atoms with Crippen LogP contribution < -0.4 is 16.2 Å². The molecule has 0 unspecified atom stereocenters. The third kappa shape index (κ3) is 3.93. The highest BCUT2D eigenvalue weighted by atomic mass is 32.1. The normalized spacial score (nSPS) is 9.82. The molecule has 0 radical (unpaired) electrons. The number of hydrogen-bond acceptors (Lipinski definition) is 6. The van der Waals surface area contributed by atoms with Gasteiger partial charge in [0.1, 0.15) is 11.5 Å². The van der Waals surface area contributed by atoms with Gasteiger partial charge in [-0.15, -0.1) is 11.3 Å². The van der Waals surface area contributed by atoms with E-state index in [0.29, 0.717) is 4.88 Å². The van der Waals surface area contributed by atoms with Gasteiger partial charge in [0.25, 0.3) is 11.8 Å². The molecule has 0 saturated carbocycles. The number of rotatable bonds is 2. The molecule has 5 N–H and O–H groups in total. The Morgan fingerprint density at radius 1 is 1.09 bits per heavy atom. The number of phenols is 2. The third-order valence-corrected chi connectivity index (χ3v) is 3.56. The van der Waals surface area contributed by atoms with Crippen molar-refractivity contribution >= 4 is 40.5 Å². The molecular weight excluding hydrogens is 326 g/mol. The summed E-state index contributed by atoms with van der Waals surface area (Å²) in [6, 6.07) is 6.90. The third-order valence-electron chi connectivity index (χ3n) is 2.49. The molecule has 0 fully saturated rings. The summed E-state index contributed by atoms with van der Waals surface area (Å²) in [6.07, 6.45) is 0. The van der Waals surface area contributed by atoms with Crippen molar-refractivity contribution in [3.05, 3.63) is 46.2 Å². The number of amides is 2. The van der Waals surface area contributed by atoms with Crippen LogP contribution in [0, 0.1) is 0 Å². The molecule has 0 aliphatic carbocycles. The zero-order valence-electron chi connectivity index (χ0n) is 11.0. The lowest BCUT2D eigenvalue weighted by Gasteiger charge is -2.11. The maximum Gasteiger partial charge on any atom is 0.273 e. The van der Waals surface area contributed by atoms with E-state index < -0.39 is 11.8 Å². The SMILES string of the molecule is O=C(NC(=S)NNC(=O)c1ccc(O)cc1O)c1cccs1. The van der Waals surface area contributed by atoms with Gasteiger partial charge in [0.05, 0.1) is 10.4 Å². The van der Waals surface area contributed by atoms with Gasteiger partial charge in [-0.3, -0.25) is 25.8 Å². The van der Waals surface area contributed by atoms with Crippen LogP contribution in [0.15, 0.2) is 35.7 Å². The van der Waals surface area contributed by atoms with Gasteiger partial charge < -0.3 is 10.2 Å². The van der Waals surface area contributed by atoms with Crippen LogP contribution in [0.3, 0.4) is 0 Å². The van der Waals surface area contributed by atoms with Crippen molar-refractivity contribution in [3.63, 3.8) is 0 Å². The van der Waals surface area contributed by atoms with E-state index >= 15 is 0 Å². The lowest BCUT2D eigenvalue weighted by Crippen LogP contribution is -2.48. The molecule has 7 nitrogen and oxygen atoms in total. The van der Waals surface area contributed by atoms with E-state index in [0.717, 1.165) is 6.07 Å². The number of aromatic hydroxyl groups is 2. The molecule has 2 aromatic rings. The largest absolute Gasteiger partial charge is 0.508 e. The molecular formula is C13H11N3O4S2. The average molecular weight is 337 g/mol. The monoisotopic (exact) mass is 337 g/mol. The second-order valence-corrected chi connectivity index (χ2v) is 5.40. The minimum absolute atomic E-state index is 0.0577. The molecule has 0 bridgehead atoms. The van der Waals surface area contributed by atoms with Crippen molar-refractivity contribution in [2.45, 2.75) is 0 Å². The standard InChI is InChI=1S/C13H11N3O4S2/c17-7-3-4-8(9(18)6-7)11(19)15-16-13(21)14-12(20)10-2-1-5-22-10/h1-6,17-18H,(H,15,19)(H2,14,16,20,21). The second kappa shape index (κ2) is 6.87. The Kier molecular flexibility index (Phi) is 4.92. The molecule has 2 amide bonds. The van der Waals surface area contributed by atoms with Crippen LogP contribution in [0.5, 0.6) is 11.5 Å². The van der Waals surface area contributed by atoms with Crippen molar-refractivity contribution < 1.29 is 19.8 Å². The number of carbonyl (C=O) groups excluding carboxylic acids is 2. The van der Waals surface area contributed by atoms with Gasteiger partial charge in [0, 0.05) is 6.07 Å². The Bertz CT molecular complexity index is 716. The molecule has 22 heavy (non-hydrogen) atoms. The zero-order valence-corrected chi connectivity index (χ0v) is 12.6. The van der Waals surface area contributed by atoms with Gasteiger partial charge >= 0.3 is 0 Å². The Morgan fingerprint density at radius 3 is 2.50 bits per heavy atom. The van der Waals surface area contributed by atoms with Gasteiger partial charge in [0.2, 0.25) is 0 Å². The molecule has 0 saturated heterocycles. The summed E-state index contributed by atoms with van der Waals surface area (Å²) in [5.74, 6) is -1.62. The van der Waals surface area contributed by atoms with Crippen LogP contribution in [-0.2, 0) is 0 Å². The van der Waals surface area contributed by atoms with Gasteiger partial charge in [-0.2, -0.15) is 0 Å². The highest BCUT2D eigenvalue weighted by Crippen LogP contribution is 2.22. The summed E-state index contributed by atoms with van der Waals surface area (Å²) < 4.78 is 0. The summed E-state index contributed by atoms with van der Waals surface area (Å²) in [4.78, 5) is 24.0. The first-order valence-electron chi connectivity index (χ1n) is 5.94. The van der Waals surface area contributed by atoms with Crippen LogP contribution in [0.2, 0.25) is 0 Å². The number of thiophene rings is 1. The maximum absolute atomic E-state index is 11.8. The van der Waals surface area contributed by atoms with E-state index in [1.165, 1.54) is 23.5 Å². The molecule has 114 valence electrons. The predicted octanol–water partition coefficient (Wildman–Crippen LogP) is 1.11. The molecule has 0 spiro atoms. The summed E-state index contributed by atoms with van der Waals surface area (Å²) in [6.45, 7) is 0. The number of hydrazine groups is 1. The topological polar surface area (TPSA) is 111 Å². The predicted molar refractivity (Wildman–Crippen MR) is 84.8 cm³/mol. The van der Waals surface area contributed by atoms with Gasteiger partial charge in [-0.25, -0.2) is 0 Å². The van der Waals surface area contributed by atoms with E-state index in [-0.39, 0.29) is 22.2 Å². The van der Waals surface area contributed by atoms with Crippen LogP contribution in [0.25, 0.3) is 0 Å². The lowest BCUT2D eigenvalue weighted by molar-refractivity contribution is 0.0933. The maximum atomic E-state index is 11.8. The van der Waals surface area contributed by atoms with Gasteiger partial charge in [-0.1, -0.05) is 6.07 Å². The van der Waals surface area contributed by atoms with Crippen molar-refractivity contribution in [1.82, 2.24) is 16.2 Å². The number of benzene rings is 1. The van der Waals surface area contributed by atoms with Crippen molar-refractivity contribution in [2.24, 2.45) is 0 Å². The molecule has 0 atom stereocenters. The first-order valence-corrected chi connectivity index (χ1v) is 7.23. The average Bonchev–Trinajstić information content (AvgIpc) is 2.99. The summed E-state index contributed by atoms with van der Waals surface area (Å²) in [5.41, 5.74) is 4.52. The highest BCUT2D eigenvalue weighted by Gasteiger charge is 2.13. The summed E-state index contributed by atoms with van der Waals surface area (Å²) in [5, 5.41) is 22.7. The summed E-state index contributed by atoms with van der Waals surface area (Å²) in [7, 11) is 0. The van der Waals surface area contributed by atoms with Crippen molar-refractivity contribution in [3.8, 4) is 11.5 Å². The Hall–Kier alpha value is -2.65. The Morgan fingerprint density at radius 2 is 1.86 bits per heavy atom. The zero-order chi connectivity index (χ0) is 16.1. The molecule has 1 aromatic heterocycles. The molecule has 9 heteroatoms. The number of thiocarbonyl (C=S) groups is 1. The van der Waals surface area contributed by atoms with E-state index in [4.69, 9.17) is 17.3 Å². The Balaban J connectivity index is 1.88. The fraction of sp³-hybridized carbons (Fsp3) is 0. The van der Waals surface area contributed by atoms with Crippen molar-refractivity contribution in [1.29, 1.82) is 0 Å². The Labute approximate surface area is 134 Å². The van der Waals surface area contributed by atoms with Crippen LogP contribution in [0.4, 0.5) is 0 Å². The van der Waals surface area contributed by atoms with E-state index in [1.807, 2.05) is 0 Å². The number of nitrogens with one attached hydrogen (secondary N) is 3. The number of phenolic OH excluding ortho intramolecular Hbond substituents is 2. The van der Waals surface area contributed by atoms with E-state index in [1.54, 1.807) is 17.5 Å². The number of hydrogen-bond donors (Lipinski definition) is 5. The molecule has 2 rings (SSSR count). The van der Waals surface area contributed by atoms with Gasteiger partial charge in [-0.05, 0) is 35.8 Å². The van der Waals surface area contributed by atoms with Crippen LogP contribution in [-0.4, -0.2) is 27.1 Å². The molecule has 0 aliphatic rings. The van der Waals surface area contributed by atoms with Gasteiger partial charge in [0.15, 0.2) is 5.11 Å². The summed E-state index contributed by atoms with van der Waals surface area (Å²) >= 11 is 6.12. The van der Waals surface area contributed by atoms with Crippen molar-refractivity contribution in [2.75, 3.05) is 0 Å². The van der Waals surface area contributed by atoms with Crippen LogP contribution >= 0.6 is 23.6 Å². The second-order valence-electron chi connectivity index (χ2n) is 4.04.